The third-order valence-electron chi connectivity index (χ3n) is 4.57. The first-order valence-corrected chi connectivity index (χ1v) is 9.41. The van der Waals surface area contributed by atoms with Crippen molar-refractivity contribution in [3.8, 4) is 11.1 Å². The standard InChI is InChI=1S/C24H24N2O2/c1-18(19-12-14-21(15-13-19)20-8-4-2-5-9-20)26-23(27)16-17-25-24(28)22-10-6-3-7-11-22/h2-15,18H,16-17H2,1H3,(H,25,28)(H,26,27)/t18-/m1/s1. The highest BCUT2D eigenvalue weighted by Crippen LogP contribution is 2.21. The molecule has 2 N–H and O–H groups in total. The summed E-state index contributed by atoms with van der Waals surface area (Å²) in [5, 5.41) is 5.75. The Bertz CT molecular complexity index is 906. The Balaban J connectivity index is 1.47. The Morgan fingerprint density at radius 1 is 0.786 bits per heavy atom. The summed E-state index contributed by atoms with van der Waals surface area (Å²) in [6.07, 6.45) is 0.241. The average Bonchev–Trinajstić information content (AvgIpc) is 2.75. The summed E-state index contributed by atoms with van der Waals surface area (Å²) in [5.74, 6) is -0.258. The van der Waals surface area contributed by atoms with Crippen LogP contribution in [-0.4, -0.2) is 18.4 Å². The van der Waals surface area contributed by atoms with Gasteiger partial charge in [-0.3, -0.25) is 9.59 Å². The SMILES string of the molecule is C[C@@H](NC(=O)CCNC(=O)c1ccccc1)c1ccc(-c2ccccc2)cc1. The zero-order valence-corrected chi connectivity index (χ0v) is 15.9. The maximum absolute atomic E-state index is 12.2. The summed E-state index contributed by atoms with van der Waals surface area (Å²) >= 11 is 0. The summed E-state index contributed by atoms with van der Waals surface area (Å²) in [5.41, 5.74) is 3.95. The smallest absolute Gasteiger partial charge is 0.251 e. The lowest BCUT2D eigenvalue weighted by atomic mass is 10.0. The molecule has 3 rings (SSSR count). The van der Waals surface area contributed by atoms with Gasteiger partial charge in [-0.15, -0.1) is 0 Å². The molecule has 4 heteroatoms. The van der Waals surface area contributed by atoms with Crippen LogP contribution in [0.15, 0.2) is 84.9 Å². The van der Waals surface area contributed by atoms with E-state index in [0.29, 0.717) is 12.1 Å². The molecular weight excluding hydrogens is 348 g/mol. The fourth-order valence-electron chi connectivity index (χ4n) is 2.97. The summed E-state index contributed by atoms with van der Waals surface area (Å²) in [6, 6.07) is 27.2. The van der Waals surface area contributed by atoms with E-state index in [4.69, 9.17) is 0 Å². The van der Waals surface area contributed by atoms with Gasteiger partial charge in [-0.05, 0) is 35.7 Å². The molecule has 0 aliphatic heterocycles. The third-order valence-corrected chi connectivity index (χ3v) is 4.57. The molecule has 3 aromatic carbocycles. The van der Waals surface area contributed by atoms with Crippen molar-refractivity contribution in [1.82, 2.24) is 10.6 Å². The van der Waals surface area contributed by atoms with E-state index in [-0.39, 0.29) is 24.3 Å². The van der Waals surface area contributed by atoms with Crippen molar-refractivity contribution in [1.29, 1.82) is 0 Å². The van der Waals surface area contributed by atoms with Gasteiger partial charge in [0.15, 0.2) is 0 Å². The highest BCUT2D eigenvalue weighted by molar-refractivity contribution is 5.94. The first-order valence-electron chi connectivity index (χ1n) is 9.41. The van der Waals surface area contributed by atoms with Gasteiger partial charge >= 0.3 is 0 Å². The van der Waals surface area contributed by atoms with Crippen LogP contribution in [0.25, 0.3) is 11.1 Å². The molecule has 0 bridgehead atoms. The van der Waals surface area contributed by atoms with Crippen LogP contribution in [0.5, 0.6) is 0 Å². The van der Waals surface area contributed by atoms with E-state index in [2.05, 4.69) is 34.9 Å². The second kappa shape index (κ2) is 9.51. The lowest BCUT2D eigenvalue weighted by Gasteiger charge is -2.15. The highest BCUT2D eigenvalue weighted by atomic mass is 16.2. The van der Waals surface area contributed by atoms with E-state index in [0.717, 1.165) is 11.1 Å². The zero-order chi connectivity index (χ0) is 19.8. The van der Waals surface area contributed by atoms with E-state index in [1.807, 2.05) is 55.5 Å². The van der Waals surface area contributed by atoms with Crippen molar-refractivity contribution in [2.75, 3.05) is 6.54 Å². The van der Waals surface area contributed by atoms with Crippen LogP contribution in [0.4, 0.5) is 0 Å². The van der Waals surface area contributed by atoms with E-state index < -0.39 is 0 Å². The maximum Gasteiger partial charge on any atom is 0.251 e. The topological polar surface area (TPSA) is 58.2 Å². The van der Waals surface area contributed by atoms with Crippen LogP contribution in [-0.2, 0) is 4.79 Å². The number of benzene rings is 3. The van der Waals surface area contributed by atoms with Gasteiger partial charge in [0.05, 0.1) is 6.04 Å². The van der Waals surface area contributed by atoms with Gasteiger partial charge in [-0.1, -0.05) is 72.8 Å². The Morgan fingerprint density at radius 3 is 2.00 bits per heavy atom. The van der Waals surface area contributed by atoms with E-state index in [1.54, 1.807) is 12.1 Å². The van der Waals surface area contributed by atoms with Crippen LogP contribution >= 0.6 is 0 Å². The predicted octanol–water partition coefficient (Wildman–Crippen LogP) is 4.35. The number of rotatable bonds is 7. The molecule has 2 amide bonds. The molecule has 0 aliphatic rings. The summed E-state index contributed by atoms with van der Waals surface area (Å²) in [7, 11) is 0. The second-order valence-corrected chi connectivity index (χ2v) is 6.65. The maximum atomic E-state index is 12.2. The van der Waals surface area contributed by atoms with Crippen molar-refractivity contribution in [3.63, 3.8) is 0 Å². The molecule has 0 spiro atoms. The van der Waals surface area contributed by atoms with Crippen LogP contribution in [0, 0.1) is 0 Å². The van der Waals surface area contributed by atoms with E-state index in [9.17, 15) is 9.59 Å². The summed E-state index contributed by atoms with van der Waals surface area (Å²) < 4.78 is 0. The molecule has 0 unspecified atom stereocenters. The van der Waals surface area contributed by atoms with Crippen LogP contribution in [0.3, 0.4) is 0 Å². The minimum atomic E-state index is -0.169. The predicted molar refractivity (Wildman–Crippen MR) is 112 cm³/mol. The number of amides is 2. The quantitative estimate of drug-likeness (QED) is 0.648. The van der Waals surface area contributed by atoms with Gasteiger partial charge < -0.3 is 10.6 Å². The molecule has 4 nitrogen and oxygen atoms in total. The Hall–Kier alpha value is -3.40. The number of carbonyl (C=O) groups excluding carboxylic acids is 2. The van der Waals surface area contributed by atoms with Gasteiger partial charge in [0, 0.05) is 18.5 Å². The normalized spacial score (nSPS) is 11.5. The fraction of sp³-hybridized carbons (Fsp3) is 0.167. The molecule has 0 aliphatic carbocycles. The molecule has 0 fully saturated rings. The number of hydrogen-bond donors (Lipinski definition) is 2. The van der Waals surface area contributed by atoms with Gasteiger partial charge in [0.2, 0.25) is 5.91 Å². The van der Waals surface area contributed by atoms with Crippen LogP contribution < -0.4 is 10.6 Å². The molecule has 28 heavy (non-hydrogen) atoms. The molecular formula is C24H24N2O2. The molecule has 3 aromatic rings. The minimum Gasteiger partial charge on any atom is -0.352 e. The van der Waals surface area contributed by atoms with Gasteiger partial charge in [-0.25, -0.2) is 0 Å². The Kier molecular flexibility index (Phi) is 6.58. The summed E-state index contributed by atoms with van der Waals surface area (Å²) in [6.45, 7) is 2.26. The zero-order valence-electron chi connectivity index (χ0n) is 15.9. The molecule has 0 saturated carbocycles. The van der Waals surface area contributed by atoms with Crippen molar-refractivity contribution in [2.24, 2.45) is 0 Å². The highest BCUT2D eigenvalue weighted by Gasteiger charge is 2.11. The van der Waals surface area contributed by atoms with Gasteiger partial charge in [0.25, 0.3) is 5.91 Å². The Labute approximate surface area is 165 Å². The van der Waals surface area contributed by atoms with Crippen molar-refractivity contribution in [2.45, 2.75) is 19.4 Å². The molecule has 0 aromatic heterocycles. The Morgan fingerprint density at radius 2 is 1.36 bits per heavy atom. The molecule has 1 atom stereocenters. The number of hydrogen-bond acceptors (Lipinski definition) is 2. The van der Waals surface area contributed by atoms with Crippen LogP contribution in [0.1, 0.15) is 35.3 Å². The lowest BCUT2D eigenvalue weighted by Crippen LogP contribution is -2.32. The first kappa shape index (κ1) is 19.4. The van der Waals surface area contributed by atoms with Gasteiger partial charge in [-0.2, -0.15) is 0 Å². The monoisotopic (exact) mass is 372 g/mol. The average molecular weight is 372 g/mol. The molecule has 142 valence electrons. The molecule has 0 radical (unpaired) electrons. The first-order chi connectivity index (χ1) is 13.6. The van der Waals surface area contributed by atoms with Crippen molar-refractivity contribution >= 4 is 11.8 Å². The third kappa shape index (κ3) is 5.30. The van der Waals surface area contributed by atoms with Crippen molar-refractivity contribution in [3.05, 3.63) is 96.1 Å². The largest absolute Gasteiger partial charge is 0.352 e. The summed E-state index contributed by atoms with van der Waals surface area (Å²) in [4.78, 5) is 24.1. The second-order valence-electron chi connectivity index (χ2n) is 6.65. The minimum absolute atomic E-state index is 0.0898. The van der Waals surface area contributed by atoms with Crippen LogP contribution in [0.2, 0.25) is 0 Å². The lowest BCUT2D eigenvalue weighted by molar-refractivity contribution is -0.121. The van der Waals surface area contributed by atoms with E-state index in [1.165, 1.54) is 5.56 Å². The molecule has 0 saturated heterocycles. The van der Waals surface area contributed by atoms with Gasteiger partial charge in [0.1, 0.15) is 0 Å². The van der Waals surface area contributed by atoms with Crippen molar-refractivity contribution < 1.29 is 9.59 Å². The number of carbonyl (C=O) groups is 2. The number of nitrogens with one attached hydrogen (secondary N) is 2. The molecule has 0 heterocycles. The van der Waals surface area contributed by atoms with E-state index >= 15 is 0 Å². The fourth-order valence-corrected chi connectivity index (χ4v) is 2.97.